The molecule has 2 aromatic rings. The summed E-state index contributed by atoms with van der Waals surface area (Å²) in [7, 11) is -0.699. The number of sulfonamides is 1. The van der Waals surface area contributed by atoms with Crippen molar-refractivity contribution < 1.29 is 17.9 Å². The highest BCUT2D eigenvalue weighted by molar-refractivity contribution is 7.89. The van der Waals surface area contributed by atoms with Gasteiger partial charge < -0.3 is 15.0 Å². The molecule has 1 fully saturated rings. The van der Waals surface area contributed by atoms with Crippen LogP contribution in [0.1, 0.15) is 17.3 Å². The van der Waals surface area contributed by atoms with Crippen LogP contribution in [0.4, 0.5) is 5.69 Å². The summed E-state index contributed by atoms with van der Waals surface area (Å²) in [4.78, 5) is 15.2. The number of rotatable bonds is 8. The third-order valence-corrected chi connectivity index (χ3v) is 6.82. The van der Waals surface area contributed by atoms with Crippen molar-refractivity contribution in [1.82, 2.24) is 19.4 Å². The predicted octanol–water partition coefficient (Wildman–Crippen LogP) is 1.04. The van der Waals surface area contributed by atoms with Crippen molar-refractivity contribution in [3.8, 4) is 0 Å². The van der Waals surface area contributed by atoms with Gasteiger partial charge in [0.25, 0.3) is 5.91 Å². The molecule has 0 spiro atoms. The molecule has 10 heteroatoms. The van der Waals surface area contributed by atoms with Gasteiger partial charge in [0.05, 0.1) is 23.7 Å². The first-order chi connectivity index (χ1) is 14.3. The molecule has 1 aliphatic rings. The minimum atomic E-state index is -3.65. The molecule has 1 aliphatic heterocycles. The lowest BCUT2D eigenvalue weighted by atomic mass is 10.1. The largest absolute Gasteiger partial charge is 0.378 e. The first-order valence-electron chi connectivity index (χ1n) is 9.94. The average molecular weight is 436 g/mol. The molecule has 0 saturated carbocycles. The van der Waals surface area contributed by atoms with E-state index >= 15 is 0 Å². The van der Waals surface area contributed by atoms with Crippen molar-refractivity contribution in [1.29, 1.82) is 0 Å². The number of carbonyl (C=O) groups is 1. The van der Waals surface area contributed by atoms with Crippen molar-refractivity contribution in [2.75, 3.05) is 51.8 Å². The van der Waals surface area contributed by atoms with Gasteiger partial charge in [0.15, 0.2) is 0 Å². The topological polar surface area (TPSA) is 96.8 Å². The number of morpholine rings is 1. The van der Waals surface area contributed by atoms with Gasteiger partial charge in [-0.2, -0.15) is 5.10 Å². The van der Waals surface area contributed by atoms with Gasteiger partial charge >= 0.3 is 0 Å². The van der Waals surface area contributed by atoms with Gasteiger partial charge in [0.2, 0.25) is 10.0 Å². The second-order valence-corrected chi connectivity index (χ2v) is 9.76. The molecular formula is C20H29N5O4S. The Balaban J connectivity index is 1.82. The number of nitrogens with zero attached hydrogens (tertiary/aromatic N) is 4. The van der Waals surface area contributed by atoms with Crippen LogP contribution in [0.5, 0.6) is 0 Å². The van der Waals surface area contributed by atoms with Crippen molar-refractivity contribution in [2.45, 2.75) is 18.4 Å². The van der Waals surface area contributed by atoms with Gasteiger partial charge in [0, 0.05) is 58.4 Å². The van der Waals surface area contributed by atoms with Crippen molar-refractivity contribution in [2.24, 2.45) is 5.92 Å². The molecule has 0 aliphatic carbocycles. The lowest BCUT2D eigenvalue weighted by molar-refractivity contribution is 0.0945. The van der Waals surface area contributed by atoms with Gasteiger partial charge in [-0.1, -0.05) is 6.92 Å². The highest BCUT2D eigenvalue weighted by Gasteiger charge is 2.24. The summed E-state index contributed by atoms with van der Waals surface area (Å²) in [5.41, 5.74) is 1.07. The number of nitrogens with one attached hydrogen (secondary N) is 1. The molecular weight excluding hydrogens is 406 g/mol. The van der Waals surface area contributed by atoms with Crippen LogP contribution < -0.4 is 10.2 Å². The van der Waals surface area contributed by atoms with Crippen LogP contribution in [0.3, 0.4) is 0 Å². The lowest BCUT2D eigenvalue weighted by Crippen LogP contribution is -2.38. The molecule has 1 aromatic heterocycles. The molecule has 1 saturated heterocycles. The zero-order valence-electron chi connectivity index (χ0n) is 17.6. The molecule has 1 atom stereocenters. The second-order valence-electron chi connectivity index (χ2n) is 7.61. The van der Waals surface area contributed by atoms with Crippen LogP contribution in [-0.2, 0) is 21.3 Å². The normalized spacial score (nSPS) is 15.9. The van der Waals surface area contributed by atoms with Crippen LogP contribution >= 0.6 is 0 Å². The summed E-state index contributed by atoms with van der Waals surface area (Å²) in [5.74, 6) is -0.131. The van der Waals surface area contributed by atoms with E-state index in [2.05, 4.69) is 15.3 Å². The maximum absolute atomic E-state index is 13.1. The molecule has 1 aromatic carbocycles. The van der Waals surface area contributed by atoms with Crippen LogP contribution in [0, 0.1) is 5.92 Å². The van der Waals surface area contributed by atoms with Crippen LogP contribution in [0.15, 0.2) is 41.6 Å². The second kappa shape index (κ2) is 9.59. The molecule has 0 bridgehead atoms. The summed E-state index contributed by atoms with van der Waals surface area (Å²) >= 11 is 0. The first-order valence-corrected chi connectivity index (χ1v) is 11.4. The third-order valence-electron chi connectivity index (χ3n) is 5.01. The number of ether oxygens (including phenoxy) is 1. The summed E-state index contributed by atoms with van der Waals surface area (Å²) in [6, 6.07) is 6.59. The zero-order valence-corrected chi connectivity index (χ0v) is 18.4. The van der Waals surface area contributed by atoms with E-state index in [-0.39, 0.29) is 16.7 Å². The Morgan fingerprint density at radius 3 is 2.67 bits per heavy atom. The fourth-order valence-corrected chi connectivity index (χ4v) is 4.23. The third kappa shape index (κ3) is 5.18. The SMILES string of the molecule is CC(CNC(=O)c1cc(S(=O)(=O)N(C)C)ccc1N1CCOCC1)Cn1cccn1. The zero-order chi connectivity index (χ0) is 21.7. The van der Waals surface area contributed by atoms with E-state index in [0.717, 1.165) is 4.31 Å². The molecule has 164 valence electrons. The fourth-order valence-electron chi connectivity index (χ4n) is 3.30. The van der Waals surface area contributed by atoms with Crippen LogP contribution in [0.25, 0.3) is 0 Å². The van der Waals surface area contributed by atoms with E-state index in [0.29, 0.717) is 50.6 Å². The number of carbonyl (C=O) groups excluding carboxylic acids is 1. The smallest absolute Gasteiger partial charge is 0.253 e. The summed E-state index contributed by atoms with van der Waals surface area (Å²) in [6.45, 7) is 5.59. The summed E-state index contributed by atoms with van der Waals surface area (Å²) < 4.78 is 33.5. The van der Waals surface area contributed by atoms with Gasteiger partial charge in [-0.25, -0.2) is 12.7 Å². The monoisotopic (exact) mass is 435 g/mol. The minimum absolute atomic E-state index is 0.0965. The number of amides is 1. The molecule has 1 amide bonds. The van der Waals surface area contributed by atoms with Crippen molar-refractivity contribution >= 4 is 21.6 Å². The molecule has 1 unspecified atom stereocenters. The molecule has 0 radical (unpaired) electrons. The van der Waals surface area contributed by atoms with Crippen LogP contribution in [-0.4, -0.2) is 75.4 Å². The van der Waals surface area contributed by atoms with E-state index < -0.39 is 10.0 Å². The van der Waals surface area contributed by atoms with Crippen molar-refractivity contribution in [3.05, 3.63) is 42.2 Å². The van der Waals surface area contributed by atoms with E-state index in [9.17, 15) is 13.2 Å². The Bertz CT molecular complexity index is 954. The Kier molecular flexibility index (Phi) is 7.11. The standard InChI is InChI=1S/C20H29N5O4S/c1-16(15-25-8-4-7-22-25)14-21-20(26)18-13-17(30(27,28)23(2)3)5-6-19(18)24-9-11-29-12-10-24/h4-8,13,16H,9-12,14-15H2,1-3H3,(H,21,26). The highest BCUT2D eigenvalue weighted by atomic mass is 32.2. The summed E-state index contributed by atoms with van der Waals surface area (Å²) in [6.07, 6.45) is 3.60. The molecule has 30 heavy (non-hydrogen) atoms. The van der Waals surface area contributed by atoms with E-state index in [4.69, 9.17) is 4.74 Å². The minimum Gasteiger partial charge on any atom is -0.378 e. The molecule has 3 rings (SSSR count). The number of aromatic nitrogens is 2. The van der Waals surface area contributed by atoms with Gasteiger partial charge in [-0.05, 0) is 30.2 Å². The number of hydrogen-bond donors (Lipinski definition) is 1. The Labute approximate surface area is 177 Å². The quantitative estimate of drug-likeness (QED) is 0.665. The molecule has 9 nitrogen and oxygen atoms in total. The van der Waals surface area contributed by atoms with Crippen molar-refractivity contribution in [3.63, 3.8) is 0 Å². The number of benzene rings is 1. The summed E-state index contributed by atoms with van der Waals surface area (Å²) in [5, 5.41) is 7.14. The predicted molar refractivity (Wildman–Crippen MR) is 114 cm³/mol. The number of anilines is 1. The van der Waals surface area contributed by atoms with Gasteiger partial charge in [0.1, 0.15) is 0 Å². The van der Waals surface area contributed by atoms with Crippen LogP contribution in [0.2, 0.25) is 0 Å². The Hall–Kier alpha value is -2.43. The van der Waals surface area contributed by atoms with Gasteiger partial charge in [-0.3, -0.25) is 9.48 Å². The Morgan fingerprint density at radius 1 is 1.30 bits per heavy atom. The maximum atomic E-state index is 13.1. The van der Waals surface area contributed by atoms with E-state index in [1.54, 1.807) is 18.3 Å². The fraction of sp³-hybridized carbons (Fsp3) is 0.500. The number of hydrogen-bond acceptors (Lipinski definition) is 6. The average Bonchev–Trinajstić information content (AvgIpc) is 3.25. The molecule has 1 N–H and O–H groups in total. The lowest BCUT2D eigenvalue weighted by Gasteiger charge is -2.30. The first kappa shape index (κ1) is 22.3. The van der Waals surface area contributed by atoms with E-state index in [1.807, 2.05) is 23.9 Å². The molecule has 2 heterocycles. The van der Waals surface area contributed by atoms with Gasteiger partial charge in [-0.15, -0.1) is 0 Å². The Morgan fingerprint density at radius 2 is 2.03 bits per heavy atom. The van der Waals surface area contributed by atoms with E-state index in [1.165, 1.54) is 20.2 Å². The maximum Gasteiger partial charge on any atom is 0.253 e. The highest BCUT2D eigenvalue weighted by Crippen LogP contribution is 2.26.